The Balaban J connectivity index is 1.78. The molecule has 3 aromatic rings. The molecule has 8 heteroatoms. The van der Waals surface area contributed by atoms with Crippen molar-refractivity contribution in [2.24, 2.45) is 0 Å². The number of likely N-dealkylation sites (N-methyl/N-ethyl adjacent to an activating group) is 1. The molecule has 0 spiro atoms. The summed E-state index contributed by atoms with van der Waals surface area (Å²) in [5.74, 6) is -0.264. The number of urea groups is 1. The Morgan fingerprint density at radius 1 is 1.06 bits per heavy atom. The molecule has 0 saturated heterocycles. The first-order chi connectivity index (χ1) is 16.0. The zero-order valence-electron chi connectivity index (χ0n) is 20.6. The van der Waals surface area contributed by atoms with Crippen LogP contribution < -0.4 is 10.6 Å². The lowest BCUT2D eigenvalue weighted by Gasteiger charge is -2.22. The molecule has 2 aromatic carbocycles. The number of hydrogen-bond acceptors (Lipinski definition) is 3. The maximum Gasteiger partial charge on any atom is 0.322 e. The number of anilines is 2. The summed E-state index contributed by atoms with van der Waals surface area (Å²) in [5.41, 5.74) is 3.90. The largest absolute Gasteiger partial charge is 0.322 e. The summed E-state index contributed by atoms with van der Waals surface area (Å²) in [6, 6.07) is 13.0. The molecule has 0 saturated carbocycles. The summed E-state index contributed by atoms with van der Waals surface area (Å²) in [7, 11) is 0. The Bertz CT molecular complexity index is 1180. The number of halogens is 1. The van der Waals surface area contributed by atoms with Crippen LogP contribution in [0, 0.1) is 19.7 Å². The fraction of sp³-hybridized carbons (Fsp3) is 0.346. The molecule has 0 fully saturated rings. The predicted molar refractivity (Wildman–Crippen MR) is 133 cm³/mol. The van der Waals surface area contributed by atoms with E-state index < -0.39 is 0 Å². The van der Waals surface area contributed by atoms with Gasteiger partial charge in [0.1, 0.15) is 18.2 Å². The molecule has 1 aromatic heterocycles. The Kier molecular flexibility index (Phi) is 7.39. The summed E-state index contributed by atoms with van der Waals surface area (Å²) >= 11 is 0. The first kappa shape index (κ1) is 25.0. The average Bonchev–Trinajstić information content (AvgIpc) is 3.20. The van der Waals surface area contributed by atoms with Crippen molar-refractivity contribution in [3.8, 4) is 5.69 Å². The molecule has 180 valence electrons. The lowest BCUT2D eigenvalue weighted by Crippen LogP contribution is -2.40. The van der Waals surface area contributed by atoms with E-state index in [0.29, 0.717) is 23.7 Å². The van der Waals surface area contributed by atoms with Gasteiger partial charge in [-0.05, 0) is 62.2 Å². The van der Waals surface area contributed by atoms with E-state index in [1.807, 2.05) is 59.7 Å². The SMILES string of the molecule is CCN(CC(=O)Nc1cc(C(C)(C)C)nn1-c1ccc(F)cc1)C(=O)Nc1cccc(C)c1C. The van der Waals surface area contributed by atoms with Crippen molar-refractivity contribution in [1.82, 2.24) is 14.7 Å². The number of amides is 3. The highest BCUT2D eigenvalue weighted by molar-refractivity contribution is 5.97. The number of rotatable bonds is 6. The van der Waals surface area contributed by atoms with Crippen LogP contribution in [-0.4, -0.2) is 39.7 Å². The predicted octanol–water partition coefficient (Wildman–Crippen LogP) is 5.42. The molecule has 3 amide bonds. The standard InChI is InChI=1S/C26H32FN5O2/c1-7-31(25(34)28-21-10-8-9-17(2)18(21)3)16-24(33)29-23-15-22(26(4,5)6)30-32(23)20-13-11-19(27)12-14-20/h8-15H,7,16H2,1-6H3,(H,28,34)(H,29,33). The van der Waals surface area contributed by atoms with Crippen molar-refractivity contribution in [2.45, 2.75) is 47.0 Å². The number of hydrogen-bond donors (Lipinski definition) is 2. The highest BCUT2D eigenvalue weighted by Gasteiger charge is 2.23. The zero-order valence-corrected chi connectivity index (χ0v) is 20.6. The molecule has 0 unspecified atom stereocenters. The quantitative estimate of drug-likeness (QED) is 0.510. The lowest BCUT2D eigenvalue weighted by atomic mass is 9.92. The lowest BCUT2D eigenvalue weighted by molar-refractivity contribution is -0.116. The normalized spacial score (nSPS) is 11.3. The van der Waals surface area contributed by atoms with Gasteiger partial charge in [0.15, 0.2) is 0 Å². The minimum absolute atomic E-state index is 0.132. The van der Waals surface area contributed by atoms with Gasteiger partial charge in [-0.2, -0.15) is 5.10 Å². The number of carbonyl (C=O) groups excluding carboxylic acids is 2. The number of nitrogens with zero attached hydrogens (tertiary/aromatic N) is 3. The third-order valence-electron chi connectivity index (χ3n) is 5.67. The highest BCUT2D eigenvalue weighted by atomic mass is 19.1. The number of aromatic nitrogens is 2. The van der Waals surface area contributed by atoms with Gasteiger partial charge in [-0.3, -0.25) is 4.79 Å². The maximum absolute atomic E-state index is 13.4. The van der Waals surface area contributed by atoms with Crippen LogP contribution >= 0.6 is 0 Å². The Morgan fingerprint density at radius 2 is 1.74 bits per heavy atom. The van der Waals surface area contributed by atoms with Gasteiger partial charge in [0, 0.05) is 23.7 Å². The van der Waals surface area contributed by atoms with Gasteiger partial charge in [0.2, 0.25) is 5.91 Å². The molecule has 2 N–H and O–H groups in total. The number of aryl methyl sites for hydroxylation is 1. The van der Waals surface area contributed by atoms with E-state index in [0.717, 1.165) is 16.8 Å². The summed E-state index contributed by atoms with van der Waals surface area (Å²) in [4.78, 5) is 27.2. The Morgan fingerprint density at radius 3 is 2.35 bits per heavy atom. The Labute approximate surface area is 200 Å². The molecule has 7 nitrogen and oxygen atoms in total. The molecule has 0 atom stereocenters. The molecule has 0 radical (unpaired) electrons. The van der Waals surface area contributed by atoms with Crippen LogP contribution in [0.5, 0.6) is 0 Å². The first-order valence-corrected chi connectivity index (χ1v) is 11.3. The molecule has 0 aliphatic carbocycles. The number of carbonyl (C=O) groups is 2. The smallest absolute Gasteiger partial charge is 0.315 e. The van der Waals surface area contributed by atoms with Gasteiger partial charge in [0.25, 0.3) is 0 Å². The molecule has 0 aliphatic heterocycles. The van der Waals surface area contributed by atoms with E-state index in [9.17, 15) is 14.0 Å². The second-order valence-electron chi connectivity index (χ2n) is 9.29. The van der Waals surface area contributed by atoms with Crippen molar-refractivity contribution in [3.05, 3.63) is 71.2 Å². The van der Waals surface area contributed by atoms with Crippen LogP contribution in [-0.2, 0) is 10.2 Å². The van der Waals surface area contributed by atoms with Crippen LogP contribution in [0.3, 0.4) is 0 Å². The third kappa shape index (κ3) is 5.81. The van der Waals surface area contributed by atoms with Gasteiger partial charge < -0.3 is 15.5 Å². The topological polar surface area (TPSA) is 79.3 Å². The molecule has 0 aliphatic rings. The minimum atomic E-state index is -0.360. The van der Waals surface area contributed by atoms with Gasteiger partial charge in [-0.15, -0.1) is 0 Å². The molecule has 34 heavy (non-hydrogen) atoms. The van der Waals surface area contributed by atoms with Crippen LogP contribution in [0.2, 0.25) is 0 Å². The minimum Gasteiger partial charge on any atom is -0.315 e. The van der Waals surface area contributed by atoms with Gasteiger partial charge >= 0.3 is 6.03 Å². The van der Waals surface area contributed by atoms with Crippen molar-refractivity contribution in [3.63, 3.8) is 0 Å². The molecule has 3 rings (SSSR count). The van der Waals surface area contributed by atoms with E-state index in [2.05, 4.69) is 15.7 Å². The highest BCUT2D eigenvalue weighted by Crippen LogP contribution is 2.26. The summed E-state index contributed by atoms with van der Waals surface area (Å²) < 4.78 is 15.0. The van der Waals surface area contributed by atoms with Crippen molar-refractivity contribution < 1.29 is 14.0 Å². The summed E-state index contributed by atoms with van der Waals surface area (Å²) in [5, 5.41) is 10.4. The molecule has 0 bridgehead atoms. The average molecular weight is 466 g/mol. The van der Waals surface area contributed by atoms with Crippen LogP contribution in [0.15, 0.2) is 48.5 Å². The maximum atomic E-state index is 13.4. The third-order valence-corrected chi connectivity index (χ3v) is 5.67. The summed E-state index contributed by atoms with van der Waals surface area (Å²) in [6.45, 7) is 12.0. The molecular formula is C26H32FN5O2. The Hall–Kier alpha value is -3.68. The van der Waals surface area contributed by atoms with E-state index in [1.54, 1.807) is 22.9 Å². The van der Waals surface area contributed by atoms with E-state index in [1.165, 1.54) is 17.0 Å². The van der Waals surface area contributed by atoms with Crippen molar-refractivity contribution >= 4 is 23.4 Å². The van der Waals surface area contributed by atoms with Crippen LogP contribution in [0.1, 0.15) is 44.5 Å². The zero-order chi connectivity index (χ0) is 25.0. The van der Waals surface area contributed by atoms with Gasteiger partial charge in [-0.1, -0.05) is 32.9 Å². The molecular weight excluding hydrogens is 433 g/mol. The molecule has 1 heterocycles. The summed E-state index contributed by atoms with van der Waals surface area (Å²) in [6.07, 6.45) is 0. The van der Waals surface area contributed by atoms with Crippen LogP contribution in [0.4, 0.5) is 20.7 Å². The van der Waals surface area contributed by atoms with E-state index >= 15 is 0 Å². The number of nitrogens with one attached hydrogen (secondary N) is 2. The second kappa shape index (κ2) is 10.1. The van der Waals surface area contributed by atoms with Crippen molar-refractivity contribution in [2.75, 3.05) is 23.7 Å². The van der Waals surface area contributed by atoms with Crippen molar-refractivity contribution in [1.29, 1.82) is 0 Å². The van der Waals surface area contributed by atoms with E-state index in [-0.39, 0.29) is 29.7 Å². The van der Waals surface area contributed by atoms with Crippen LogP contribution in [0.25, 0.3) is 5.69 Å². The van der Waals surface area contributed by atoms with Gasteiger partial charge in [0.05, 0.1) is 11.4 Å². The second-order valence-corrected chi connectivity index (χ2v) is 9.29. The first-order valence-electron chi connectivity index (χ1n) is 11.3. The fourth-order valence-corrected chi connectivity index (χ4v) is 3.38. The fourth-order valence-electron chi connectivity index (χ4n) is 3.38. The number of benzene rings is 2. The monoisotopic (exact) mass is 465 g/mol. The van der Waals surface area contributed by atoms with Gasteiger partial charge in [-0.25, -0.2) is 13.9 Å². The van der Waals surface area contributed by atoms with E-state index in [4.69, 9.17) is 0 Å².